The maximum absolute atomic E-state index is 12.7. The summed E-state index contributed by atoms with van der Waals surface area (Å²) in [6.45, 7) is 5.20. The van der Waals surface area contributed by atoms with Crippen LogP contribution in [0.5, 0.6) is 0 Å². The zero-order valence-corrected chi connectivity index (χ0v) is 14.2. The van der Waals surface area contributed by atoms with E-state index in [1.54, 1.807) is 4.90 Å². The molecule has 1 saturated heterocycles. The highest BCUT2D eigenvalue weighted by molar-refractivity contribution is 9.10. The summed E-state index contributed by atoms with van der Waals surface area (Å²) in [6.07, 6.45) is 3.53. The van der Waals surface area contributed by atoms with Gasteiger partial charge in [-0.1, -0.05) is 0 Å². The molecule has 1 atom stereocenters. The molecule has 1 aromatic rings. The van der Waals surface area contributed by atoms with E-state index in [-0.39, 0.29) is 23.8 Å². The van der Waals surface area contributed by atoms with E-state index < -0.39 is 0 Å². The predicted molar refractivity (Wildman–Crippen MR) is 83.2 cm³/mol. The molecule has 1 fully saturated rings. The van der Waals surface area contributed by atoms with Crippen LogP contribution in [-0.4, -0.2) is 41.5 Å². The van der Waals surface area contributed by atoms with Crippen LogP contribution in [0.15, 0.2) is 16.7 Å². The first-order valence-electron chi connectivity index (χ1n) is 7.18. The van der Waals surface area contributed by atoms with Gasteiger partial charge in [0.1, 0.15) is 5.69 Å². The van der Waals surface area contributed by atoms with Crippen LogP contribution in [0.4, 0.5) is 0 Å². The summed E-state index contributed by atoms with van der Waals surface area (Å²) in [6, 6.07) is 2.04. The van der Waals surface area contributed by atoms with Crippen molar-refractivity contribution in [1.82, 2.24) is 9.47 Å². The monoisotopic (exact) mass is 356 g/mol. The normalized spacial score (nSPS) is 18.9. The highest BCUT2D eigenvalue weighted by Gasteiger charge is 2.30. The summed E-state index contributed by atoms with van der Waals surface area (Å²) in [5, 5.41) is 0. The molecule has 0 spiro atoms. The lowest BCUT2D eigenvalue weighted by atomic mass is 9.98. The van der Waals surface area contributed by atoms with Crippen molar-refractivity contribution >= 4 is 27.8 Å². The molecule has 5 nitrogen and oxygen atoms in total. The quantitative estimate of drug-likeness (QED) is 0.782. The van der Waals surface area contributed by atoms with Crippen molar-refractivity contribution in [3.63, 3.8) is 0 Å². The lowest BCUT2D eigenvalue weighted by Crippen LogP contribution is -2.43. The Balaban J connectivity index is 2.18. The van der Waals surface area contributed by atoms with Crippen molar-refractivity contribution in [2.75, 3.05) is 20.2 Å². The molecule has 2 heterocycles. The largest absolute Gasteiger partial charge is 0.469 e. The number of aromatic nitrogens is 1. The average Bonchev–Trinajstić information content (AvgIpc) is 2.88. The van der Waals surface area contributed by atoms with Gasteiger partial charge < -0.3 is 14.2 Å². The Kier molecular flexibility index (Phi) is 5.08. The van der Waals surface area contributed by atoms with Gasteiger partial charge in [-0.2, -0.15) is 0 Å². The van der Waals surface area contributed by atoms with Gasteiger partial charge in [0.25, 0.3) is 5.91 Å². The van der Waals surface area contributed by atoms with Crippen molar-refractivity contribution in [3.05, 3.63) is 22.4 Å². The molecule has 0 N–H and O–H groups in total. The summed E-state index contributed by atoms with van der Waals surface area (Å²) in [7, 11) is 1.39. The average molecular weight is 357 g/mol. The third kappa shape index (κ3) is 3.48. The van der Waals surface area contributed by atoms with E-state index in [1.165, 1.54) is 7.11 Å². The maximum atomic E-state index is 12.7. The third-order valence-corrected chi connectivity index (χ3v) is 4.27. The van der Waals surface area contributed by atoms with Crippen molar-refractivity contribution in [2.24, 2.45) is 5.92 Å². The number of piperidine rings is 1. The van der Waals surface area contributed by atoms with Crippen LogP contribution >= 0.6 is 15.9 Å². The van der Waals surface area contributed by atoms with E-state index in [2.05, 4.69) is 15.9 Å². The van der Waals surface area contributed by atoms with E-state index in [0.717, 1.165) is 17.3 Å². The van der Waals surface area contributed by atoms with Gasteiger partial charge in [-0.3, -0.25) is 9.59 Å². The highest BCUT2D eigenvalue weighted by atomic mass is 79.9. The van der Waals surface area contributed by atoms with E-state index in [4.69, 9.17) is 4.74 Å². The molecule has 21 heavy (non-hydrogen) atoms. The molecule has 0 bridgehead atoms. The van der Waals surface area contributed by atoms with Gasteiger partial charge in [0.05, 0.1) is 13.0 Å². The number of carbonyl (C=O) groups excluding carboxylic acids is 2. The SMILES string of the molecule is COC(=O)C1CCCN(C(=O)c2cc(Br)cn2C(C)C)C1. The van der Waals surface area contributed by atoms with Crippen LogP contribution in [0.2, 0.25) is 0 Å². The molecule has 0 aliphatic carbocycles. The Labute approximate surface area is 133 Å². The van der Waals surface area contributed by atoms with Crippen molar-refractivity contribution < 1.29 is 14.3 Å². The van der Waals surface area contributed by atoms with Gasteiger partial charge >= 0.3 is 5.97 Å². The number of ether oxygens (including phenoxy) is 1. The first kappa shape index (κ1) is 16.1. The molecule has 1 unspecified atom stereocenters. The summed E-state index contributed by atoms with van der Waals surface area (Å²) in [5.41, 5.74) is 0.655. The second-order valence-electron chi connectivity index (χ2n) is 5.66. The predicted octanol–water partition coefficient (Wildman–Crippen LogP) is 2.86. The number of rotatable bonds is 3. The Morgan fingerprint density at radius 2 is 2.14 bits per heavy atom. The first-order valence-corrected chi connectivity index (χ1v) is 7.97. The summed E-state index contributed by atoms with van der Waals surface area (Å²) < 4.78 is 7.64. The standard InChI is InChI=1S/C15H21BrN2O3/c1-10(2)18-9-12(16)7-13(18)14(19)17-6-4-5-11(8-17)15(20)21-3/h7,9-11H,4-6,8H2,1-3H3. The Morgan fingerprint density at radius 1 is 1.43 bits per heavy atom. The number of hydrogen-bond acceptors (Lipinski definition) is 3. The second-order valence-corrected chi connectivity index (χ2v) is 6.57. The van der Waals surface area contributed by atoms with Crippen LogP contribution in [-0.2, 0) is 9.53 Å². The number of esters is 1. The Morgan fingerprint density at radius 3 is 2.76 bits per heavy atom. The Bertz CT molecular complexity index is 539. The number of hydrogen-bond donors (Lipinski definition) is 0. The molecule has 0 radical (unpaired) electrons. The van der Waals surface area contributed by atoms with E-state index >= 15 is 0 Å². The first-order chi connectivity index (χ1) is 9.93. The molecule has 0 saturated carbocycles. The zero-order chi connectivity index (χ0) is 15.6. The molecule has 1 amide bonds. The van der Waals surface area contributed by atoms with E-state index in [1.807, 2.05) is 30.7 Å². The fourth-order valence-electron chi connectivity index (χ4n) is 2.73. The van der Waals surface area contributed by atoms with Crippen LogP contribution in [0, 0.1) is 5.92 Å². The molecule has 1 aliphatic rings. The number of nitrogens with zero attached hydrogens (tertiary/aromatic N) is 2. The molecule has 2 rings (SSSR count). The lowest BCUT2D eigenvalue weighted by molar-refractivity contribution is -0.146. The van der Waals surface area contributed by atoms with Gasteiger partial charge in [-0.25, -0.2) is 0 Å². The highest BCUT2D eigenvalue weighted by Crippen LogP contribution is 2.24. The van der Waals surface area contributed by atoms with Crippen molar-refractivity contribution in [2.45, 2.75) is 32.7 Å². The van der Waals surface area contributed by atoms with E-state index in [0.29, 0.717) is 18.8 Å². The van der Waals surface area contributed by atoms with Crippen molar-refractivity contribution in [3.8, 4) is 0 Å². The number of likely N-dealkylation sites (tertiary alicyclic amines) is 1. The number of halogens is 1. The lowest BCUT2D eigenvalue weighted by Gasteiger charge is -2.31. The Hall–Kier alpha value is -1.30. The summed E-state index contributed by atoms with van der Waals surface area (Å²) >= 11 is 3.42. The van der Waals surface area contributed by atoms with Crippen molar-refractivity contribution in [1.29, 1.82) is 0 Å². The summed E-state index contributed by atoms with van der Waals surface area (Å²) in [5.74, 6) is -0.463. The third-order valence-electron chi connectivity index (χ3n) is 3.83. The summed E-state index contributed by atoms with van der Waals surface area (Å²) in [4.78, 5) is 26.2. The molecule has 0 aromatic carbocycles. The fraction of sp³-hybridized carbons (Fsp3) is 0.600. The number of carbonyl (C=O) groups is 2. The topological polar surface area (TPSA) is 51.5 Å². The minimum atomic E-state index is -0.229. The smallest absolute Gasteiger partial charge is 0.310 e. The maximum Gasteiger partial charge on any atom is 0.310 e. The van der Waals surface area contributed by atoms with Gasteiger partial charge in [0.2, 0.25) is 0 Å². The van der Waals surface area contributed by atoms with Crippen LogP contribution in [0.3, 0.4) is 0 Å². The zero-order valence-electron chi connectivity index (χ0n) is 12.6. The molecule has 6 heteroatoms. The van der Waals surface area contributed by atoms with Gasteiger partial charge in [-0.05, 0) is 48.7 Å². The molecular formula is C15H21BrN2O3. The van der Waals surface area contributed by atoms with Crippen LogP contribution in [0.1, 0.15) is 43.2 Å². The molecule has 116 valence electrons. The van der Waals surface area contributed by atoms with E-state index in [9.17, 15) is 9.59 Å². The molecule has 1 aromatic heterocycles. The van der Waals surface area contributed by atoms with Gasteiger partial charge in [0, 0.05) is 29.8 Å². The fourth-order valence-corrected chi connectivity index (χ4v) is 3.16. The molecule has 1 aliphatic heterocycles. The minimum absolute atomic E-state index is 0.0250. The van der Waals surface area contributed by atoms with Crippen LogP contribution in [0.25, 0.3) is 0 Å². The van der Waals surface area contributed by atoms with Crippen LogP contribution < -0.4 is 0 Å². The number of methoxy groups -OCH3 is 1. The minimum Gasteiger partial charge on any atom is -0.469 e. The second kappa shape index (κ2) is 6.64. The molecular weight excluding hydrogens is 336 g/mol. The van der Waals surface area contributed by atoms with Gasteiger partial charge in [-0.15, -0.1) is 0 Å². The van der Waals surface area contributed by atoms with Gasteiger partial charge in [0.15, 0.2) is 0 Å². The number of amides is 1.